The van der Waals surface area contributed by atoms with E-state index in [0.29, 0.717) is 0 Å². The standard InChI is InChI=1S/C12H15NS/c1-9-6-5-7-10(12(2,3)4)11(9)13-8-14/h5-7H,1-4H3. The van der Waals surface area contributed by atoms with E-state index >= 15 is 0 Å². The number of aryl methyl sites for hydroxylation is 1. The molecule has 0 saturated heterocycles. The molecule has 0 bridgehead atoms. The summed E-state index contributed by atoms with van der Waals surface area (Å²) in [6.07, 6.45) is 0. The number of isothiocyanates is 1. The fourth-order valence-electron chi connectivity index (χ4n) is 1.46. The summed E-state index contributed by atoms with van der Waals surface area (Å²) in [5.74, 6) is 0. The van der Waals surface area contributed by atoms with Crippen LogP contribution in [0, 0.1) is 6.92 Å². The minimum absolute atomic E-state index is 0.0943. The largest absolute Gasteiger partial charge is 0.194 e. The van der Waals surface area contributed by atoms with Gasteiger partial charge in [0, 0.05) is 0 Å². The molecule has 0 aromatic heterocycles. The molecular formula is C12H15NS. The zero-order valence-corrected chi connectivity index (χ0v) is 9.90. The van der Waals surface area contributed by atoms with Gasteiger partial charge >= 0.3 is 0 Å². The summed E-state index contributed by atoms with van der Waals surface area (Å²) in [7, 11) is 0. The van der Waals surface area contributed by atoms with Gasteiger partial charge in [0.05, 0.1) is 10.8 Å². The summed E-state index contributed by atoms with van der Waals surface area (Å²) in [5, 5.41) is 2.45. The van der Waals surface area contributed by atoms with Crippen LogP contribution in [0.1, 0.15) is 31.9 Å². The monoisotopic (exact) mass is 205 g/mol. The first-order valence-corrected chi connectivity index (χ1v) is 5.05. The summed E-state index contributed by atoms with van der Waals surface area (Å²) < 4.78 is 0. The van der Waals surface area contributed by atoms with Crippen LogP contribution in [0.25, 0.3) is 0 Å². The van der Waals surface area contributed by atoms with Gasteiger partial charge in [-0.2, -0.15) is 4.99 Å². The zero-order valence-electron chi connectivity index (χ0n) is 9.09. The lowest BCUT2D eigenvalue weighted by atomic mass is 9.85. The molecule has 0 aliphatic heterocycles. The molecule has 0 saturated carbocycles. The summed E-state index contributed by atoms with van der Waals surface area (Å²) >= 11 is 4.66. The van der Waals surface area contributed by atoms with Crippen molar-refractivity contribution in [2.24, 2.45) is 4.99 Å². The molecule has 0 radical (unpaired) electrons. The van der Waals surface area contributed by atoms with Gasteiger partial charge in [-0.3, -0.25) is 0 Å². The third-order valence-corrected chi connectivity index (χ3v) is 2.29. The van der Waals surface area contributed by atoms with Crippen LogP contribution >= 0.6 is 12.2 Å². The van der Waals surface area contributed by atoms with Gasteiger partial charge in [-0.25, -0.2) is 0 Å². The van der Waals surface area contributed by atoms with Gasteiger partial charge in [0.1, 0.15) is 0 Å². The van der Waals surface area contributed by atoms with Crippen molar-refractivity contribution < 1.29 is 0 Å². The Hall–Kier alpha value is -0.980. The van der Waals surface area contributed by atoms with Gasteiger partial charge in [0.25, 0.3) is 0 Å². The van der Waals surface area contributed by atoms with E-state index in [1.807, 2.05) is 13.0 Å². The fourth-order valence-corrected chi connectivity index (χ4v) is 1.55. The maximum atomic E-state index is 4.66. The van der Waals surface area contributed by atoms with Crippen LogP contribution in [0.15, 0.2) is 23.2 Å². The normalized spacial score (nSPS) is 10.9. The first-order chi connectivity index (χ1) is 6.46. The molecular weight excluding hydrogens is 190 g/mol. The molecule has 0 amide bonds. The van der Waals surface area contributed by atoms with Crippen LogP contribution < -0.4 is 0 Å². The first-order valence-electron chi connectivity index (χ1n) is 4.65. The van der Waals surface area contributed by atoms with E-state index in [9.17, 15) is 0 Å². The van der Waals surface area contributed by atoms with Crippen molar-refractivity contribution in [1.82, 2.24) is 0 Å². The maximum Gasteiger partial charge on any atom is 0.0805 e. The molecule has 0 heterocycles. The Morgan fingerprint density at radius 3 is 2.43 bits per heavy atom. The second-order valence-corrected chi connectivity index (χ2v) is 4.61. The molecule has 14 heavy (non-hydrogen) atoms. The van der Waals surface area contributed by atoms with Crippen molar-refractivity contribution in [3.05, 3.63) is 29.3 Å². The third-order valence-electron chi connectivity index (χ3n) is 2.20. The van der Waals surface area contributed by atoms with E-state index in [1.54, 1.807) is 0 Å². The van der Waals surface area contributed by atoms with Crippen LogP contribution in [-0.4, -0.2) is 5.16 Å². The van der Waals surface area contributed by atoms with Gasteiger partial charge in [-0.1, -0.05) is 39.0 Å². The van der Waals surface area contributed by atoms with Crippen molar-refractivity contribution in [2.45, 2.75) is 33.1 Å². The third kappa shape index (κ3) is 2.28. The topological polar surface area (TPSA) is 12.4 Å². The van der Waals surface area contributed by atoms with Crippen molar-refractivity contribution >= 4 is 23.1 Å². The van der Waals surface area contributed by atoms with E-state index in [-0.39, 0.29) is 5.41 Å². The summed E-state index contributed by atoms with van der Waals surface area (Å²) in [6.45, 7) is 8.55. The predicted octanol–water partition coefficient (Wildman–Crippen LogP) is 4.03. The van der Waals surface area contributed by atoms with Crippen molar-refractivity contribution in [3.8, 4) is 0 Å². The maximum absolute atomic E-state index is 4.66. The van der Waals surface area contributed by atoms with Crippen LogP contribution in [0.3, 0.4) is 0 Å². The first kappa shape index (κ1) is 11.1. The van der Waals surface area contributed by atoms with E-state index in [2.05, 4.69) is 55.3 Å². The molecule has 1 aromatic rings. The molecule has 0 N–H and O–H groups in total. The average Bonchev–Trinajstić information content (AvgIpc) is 2.07. The number of hydrogen-bond donors (Lipinski definition) is 0. The fraction of sp³-hybridized carbons (Fsp3) is 0.417. The molecule has 74 valence electrons. The highest BCUT2D eigenvalue weighted by atomic mass is 32.1. The Kier molecular flexibility index (Phi) is 3.20. The van der Waals surface area contributed by atoms with E-state index in [0.717, 1.165) is 11.3 Å². The minimum atomic E-state index is 0.0943. The van der Waals surface area contributed by atoms with Gasteiger partial charge in [-0.15, -0.1) is 0 Å². The average molecular weight is 205 g/mol. The summed E-state index contributed by atoms with van der Waals surface area (Å²) in [4.78, 5) is 4.14. The Morgan fingerprint density at radius 1 is 1.29 bits per heavy atom. The van der Waals surface area contributed by atoms with E-state index in [1.165, 1.54) is 5.56 Å². The molecule has 0 aliphatic rings. The molecule has 1 rings (SSSR count). The molecule has 1 aromatic carbocycles. The SMILES string of the molecule is Cc1cccc(C(C)(C)C)c1N=C=S. The molecule has 0 fully saturated rings. The van der Waals surface area contributed by atoms with Gasteiger partial charge in [0.2, 0.25) is 0 Å². The summed E-state index contributed by atoms with van der Waals surface area (Å²) in [5.41, 5.74) is 3.43. The quantitative estimate of drug-likeness (QED) is 0.498. The van der Waals surface area contributed by atoms with Gasteiger partial charge in [-0.05, 0) is 35.7 Å². The Balaban J connectivity index is 3.43. The molecule has 2 heteroatoms. The van der Waals surface area contributed by atoms with Gasteiger partial charge in [0.15, 0.2) is 0 Å². The van der Waals surface area contributed by atoms with Gasteiger partial charge < -0.3 is 0 Å². The molecule has 0 atom stereocenters. The van der Waals surface area contributed by atoms with Crippen molar-refractivity contribution in [1.29, 1.82) is 0 Å². The molecule has 0 spiro atoms. The zero-order chi connectivity index (χ0) is 10.8. The van der Waals surface area contributed by atoms with Crippen LogP contribution in [-0.2, 0) is 5.41 Å². The lowest BCUT2D eigenvalue weighted by Crippen LogP contribution is -2.11. The molecule has 1 nitrogen and oxygen atoms in total. The van der Waals surface area contributed by atoms with E-state index in [4.69, 9.17) is 0 Å². The van der Waals surface area contributed by atoms with Crippen molar-refractivity contribution in [3.63, 3.8) is 0 Å². The number of hydrogen-bond acceptors (Lipinski definition) is 2. The number of para-hydroxylation sites is 1. The molecule has 0 aliphatic carbocycles. The lowest BCUT2D eigenvalue weighted by Gasteiger charge is -2.21. The van der Waals surface area contributed by atoms with Crippen LogP contribution in [0.2, 0.25) is 0 Å². The Bertz CT molecular complexity index is 382. The number of aliphatic imine (C=N–C) groups is 1. The smallest absolute Gasteiger partial charge is 0.0805 e. The van der Waals surface area contributed by atoms with Crippen LogP contribution in [0.4, 0.5) is 5.69 Å². The summed E-state index contributed by atoms with van der Waals surface area (Å²) in [6, 6.07) is 6.19. The van der Waals surface area contributed by atoms with Crippen molar-refractivity contribution in [2.75, 3.05) is 0 Å². The number of thiocarbonyl (C=S) groups is 1. The second kappa shape index (κ2) is 4.04. The molecule has 0 unspecified atom stereocenters. The number of benzene rings is 1. The number of nitrogens with zero attached hydrogens (tertiary/aromatic N) is 1. The minimum Gasteiger partial charge on any atom is -0.194 e. The predicted molar refractivity (Wildman–Crippen MR) is 64.6 cm³/mol. The lowest BCUT2D eigenvalue weighted by molar-refractivity contribution is 0.591. The highest BCUT2D eigenvalue weighted by Crippen LogP contribution is 2.33. The Labute approximate surface area is 90.9 Å². The van der Waals surface area contributed by atoms with E-state index < -0.39 is 0 Å². The highest BCUT2D eigenvalue weighted by Gasteiger charge is 2.18. The number of rotatable bonds is 1. The second-order valence-electron chi connectivity index (χ2n) is 4.42. The Morgan fingerprint density at radius 2 is 1.93 bits per heavy atom. The van der Waals surface area contributed by atoms with Crippen LogP contribution in [0.5, 0.6) is 0 Å². The highest BCUT2D eigenvalue weighted by molar-refractivity contribution is 7.78.